The highest BCUT2D eigenvalue weighted by Crippen LogP contribution is 2.36. The molecule has 2 aliphatic rings. The van der Waals surface area contributed by atoms with Gasteiger partial charge in [-0.1, -0.05) is 24.3 Å². The fraction of sp³-hybridized carbons (Fsp3) is 0.226. The van der Waals surface area contributed by atoms with Gasteiger partial charge < -0.3 is 14.2 Å². The van der Waals surface area contributed by atoms with Crippen molar-refractivity contribution in [1.82, 2.24) is 18.9 Å². The number of benzene rings is 2. The number of carbonyl (C=O) groups excluding carboxylic acids is 1. The highest BCUT2D eigenvalue weighted by molar-refractivity contribution is 6.18. The first-order valence-electron chi connectivity index (χ1n) is 13.2. The van der Waals surface area contributed by atoms with Crippen molar-refractivity contribution in [2.45, 2.75) is 18.9 Å². The minimum Gasteiger partial charge on any atom is -0.484 e. The number of hydrogen-bond donors (Lipinski definition) is 0. The molecule has 192 valence electrons. The number of amides is 1. The summed E-state index contributed by atoms with van der Waals surface area (Å²) in [5.74, 6) is 0.874. The van der Waals surface area contributed by atoms with Crippen LogP contribution in [0, 0.1) is 5.92 Å². The number of fused-ring (bicyclic) bond motifs is 9. The first kappa shape index (κ1) is 22.3. The summed E-state index contributed by atoms with van der Waals surface area (Å²) in [5.41, 5.74) is 3.26. The summed E-state index contributed by atoms with van der Waals surface area (Å²) >= 11 is 0. The third kappa shape index (κ3) is 3.24. The van der Waals surface area contributed by atoms with Gasteiger partial charge in [0.2, 0.25) is 0 Å². The SMILES string of the molecule is O=C(COc1ccc2c3ccnc4c5ccccc5c(=O)n(c2c1)c34)N1CC2CC(C1)c1cccc(=O)n1C2. The van der Waals surface area contributed by atoms with Gasteiger partial charge in [0.1, 0.15) is 5.75 Å². The molecule has 8 heteroatoms. The van der Waals surface area contributed by atoms with Crippen LogP contribution in [0.5, 0.6) is 5.75 Å². The Morgan fingerprint density at radius 1 is 0.897 bits per heavy atom. The fourth-order valence-corrected chi connectivity index (χ4v) is 6.77. The van der Waals surface area contributed by atoms with E-state index in [1.807, 2.05) is 64.1 Å². The van der Waals surface area contributed by atoms with Crippen molar-refractivity contribution >= 4 is 44.0 Å². The van der Waals surface area contributed by atoms with Crippen LogP contribution in [0.4, 0.5) is 0 Å². The average molecular weight is 517 g/mol. The summed E-state index contributed by atoms with van der Waals surface area (Å²) in [6, 6.07) is 20.5. The zero-order valence-electron chi connectivity index (χ0n) is 21.0. The summed E-state index contributed by atoms with van der Waals surface area (Å²) in [7, 11) is 0. The zero-order chi connectivity index (χ0) is 26.2. The number of likely N-dealkylation sites (tertiary alicyclic amines) is 1. The number of aromatic nitrogens is 3. The summed E-state index contributed by atoms with van der Waals surface area (Å²) in [5, 5.41) is 3.35. The molecule has 2 unspecified atom stereocenters. The Hall–Kier alpha value is -4.72. The van der Waals surface area contributed by atoms with E-state index in [1.165, 1.54) is 0 Å². The van der Waals surface area contributed by atoms with E-state index in [9.17, 15) is 14.4 Å². The molecule has 6 aromatic rings. The number of rotatable bonds is 3. The summed E-state index contributed by atoms with van der Waals surface area (Å²) in [6.07, 6.45) is 2.77. The Labute approximate surface area is 222 Å². The van der Waals surface area contributed by atoms with Gasteiger partial charge in [-0.25, -0.2) is 0 Å². The van der Waals surface area contributed by atoms with Gasteiger partial charge in [-0.2, -0.15) is 0 Å². The Kier molecular flexibility index (Phi) is 4.65. The lowest BCUT2D eigenvalue weighted by molar-refractivity contribution is -0.136. The van der Waals surface area contributed by atoms with Gasteiger partial charge >= 0.3 is 0 Å². The minimum absolute atomic E-state index is 0.0302. The van der Waals surface area contributed by atoms with E-state index in [-0.39, 0.29) is 35.5 Å². The second-order valence-electron chi connectivity index (χ2n) is 10.7. The Morgan fingerprint density at radius 2 is 1.77 bits per heavy atom. The van der Waals surface area contributed by atoms with Gasteiger partial charge in [-0.3, -0.25) is 23.8 Å². The third-order valence-electron chi connectivity index (χ3n) is 8.46. The molecule has 2 aromatic carbocycles. The molecule has 39 heavy (non-hydrogen) atoms. The molecule has 8 nitrogen and oxygen atoms in total. The zero-order valence-corrected chi connectivity index (χ0v) is 21.0. The topological polar surface area (TPSA) is 85.9 Å². The minimum atomic E-state index is -0.0985. The predicted molar refractivity (Wildman–Crippen MR) is 149 cm³/mol. The first-order valence-corrected chi connectivity index (χ1v) is 13.2. The number of ether oxygens (including phenoxy) is 1. The third-order valence-corrected chi connectivity index (χ3v) is 8.46. The number of pyridine rings is 3. The average Bonchev–Trinajstić information content (AvgIpc) is 3.30. The number of piperidine rings is 1. The number of carbonyl (C=O) groups is 1. The molecule has 2 bridgehead atoms. The quantitative estimate of drug-likeness (QED) is 0.334. The van der Waals surface area contributed by atoms with Crippen LogP contribution >= 0.6 is 0 Å². The number of hydrogen-bond acceptors (Lipinski definition) is 5. The molecule has 0 saturated carbocycles. The van der Waals surface area contributed by atoms with E-state index < -0.39 is 0 Å². The van der Waals surface area contributed by atoms with Crippen LogP contribution in [0.15, 0.2) is 82.5 Å². The van der Waals surface area contributed by atoms with Gasteiger partial charge in [-0.15, -0.1) is 0 Å². The molecule has 1 fully saturated rings. The maximum absolute atomic E-state index is 13.6. The summed E-state index contributed by atoms with van der Waals surface area (Å²) in [6.45, 7) is 1.76. The monoisotopic (exact) mass is 516 g/mol. The van der Waals surface area contributed by atoms with E-state index >= 15 is 0 Å². The molecule has 0 spiro atoms. The van der Waals surface area contributed by atoms with Crippen LogP contribution in [0.3, 0.4) is 0 Å². The van der Waals surface area contributed by atoms with Crippen LogP contribution < -0.4 is 15.9 Å². The van der Waals surface area contributed by atoms with E-state index in [2.05, 4.69) is 4.98 Å². The highest BCUT2D eigenvalue weighted by Gasteiger charge is 2.36. The molecule has 0 aliphatic carbocycles. The van der Waals surface area contributed by atoms with Crippen molar-refractivity contribution in [3.05, 3.63) is 99.3 Å². The van der Waals surface area contributed by atoms with Crippen molar-refractivity contribution in [2.24, 2.45) is 5.92 Å². The lowest BCUT2D eigenvalue weighted by atomic mass is 9.83. The van der Waals surface area contributed by atoms with E-state index in [4.69, 9.17) is 4.74 Å². The largest absolute Gasteiger partial charge is 0.484 e. The maximum atomic E-state index is 13.6. The normalized spacial score (nSPS) is 18.7. The summed E-state index contributed by atoms with van der Waals surface area (Å²) < 4.78 is 9.58. The standard InChI is InChI=1S/C31H24N4O4/c36-27-7-3-6-25-19-12-18(15-34(25)27)14-33(16-19)28(37)17-39-20-8-9-21-23-10-11-32-29-22-4-1-2-5-24(22)31(38)35(30(23)29)26(21)13-20/h1-11,13,18-19H,12,14-17H2. The van der Waals surface area contributed by atoms with Gasteiger partial charge in [0, 0.05) is 71.1 Å². The van der Waals surface area contributed by atoms with Crippen molar-refractivity contribution in [1.29, 1.82) is 0 Å². The van der Waals surface area contributed by atoms with Gasteiger partial charge in [0.05, 0.1) is 16.6 Å². The van der Waals surface area contributed by atoms with Crippen molar-refractivity contribution < 1.29 is 9.53 Å². The Bertz CT molecular complexity index is 2080. The van der Waals surface area contributed by atoms with Gasteiger partial charge in [0.15, 0.2) is 6.61 Å². The Morgan fingerprint density at radius 3 is 2.67 bits per heavy atom. The van der Waals surface area contributed by atoms with Crippen molar-refractivity contribution in [3.8, 4) is 5.75 Å². The Balaban J connectivity index is 1.11. The highest BCUT2D eigenvalue weighted by atomic mass is 16.5. The van der Waals surface area contributed by atoms with Crippen LogP contribution in [0.25, 0.3) is 38.1 Å². The molecule has 4 aromatic heterocycles. The first-order chi connectivity index (χ1) is 19.1. The molecule has 2 atom stereocenters. The molecule has 2 aliphatic heterocycles. The van der Waals surface area contributed by atoms with Gasteiger partial charge in [-0.05, 0) is 42.7 Å². The molecule has 8 rings (SSSR count). The molecule has 0 N–H and O–H groups in total. The number of nitrogens with zero attached hydrogens (tertiary/aromatic N) is 4. The smallest absolute Gasteiger partial charge is 0.263 e. The molecule has 0 radical (unpaired) electrons. The molecule has 1 amide bonds. The fourth-order valence-electron chi connectivity index (χ4n) is 6.77. The second kappa shape index (κ2) is 8.14. The van der Waals surface area contributed by atoms with Crippen LogP contribution in [-0.2, 0) is 11.3 Å². The van der Waals surface area contributed by atoms with Crippen molar-refractivity contribution in [3.63, 3.8) is 0 Å². The summed E-state index contributed by atoms with van der Waals surface area (Å²) in [4.78, 5) is 45.6. The molecular weight excluding hydrogens is 492 g/mol. The van der Waals surface area contributed by atoms with Crippen LogP contribution in [-0.4, -0.2) is 44.5 Å². The molecular formula is C31H24N4O4. The van der Waals surface area contributed by atoms with Gasteiger partial charge in [0.25, 0.3) is 17.0 Å². The molecule has 1 saturated heterocycles. The van der Waals surface area contributed by atoms with E-state index in [1.54, 1.807) is 22.7 Å². The predicted octanol–water partition coefficient (Wildman–Crippen LogP) is 3.78. The maximum Gasteiger partial charge on any atom is 0.263 e. The lowest BCUT2D eigenvalue weighted by Gasteiger charge is -2.42. The van der Waals surface area contributed by atoms with E-state index in [0.29, 0.717) is 30.8 Å². The van der Waals surface area contributed by atoms with Crippen LogP contribution in [0.2, 0.25) is 0 Å². The van der Waals surface area contributed by atoms with E-state index in [0.717, 1.165) is 44.8 Å². The lowest BCUT2D eigenvalue weighted by Crippen LogP contribution is -2.50. The van der Waals surface area contributed by atoms with Crippen LogP contribution in [0.1, 0.15) is 18.0 Å². The molecule has 6 heterocycles. The second-order valence-corrected chi connectivity index (χ2v) is 10.7. The van der Waals surface area contributed by atoms with Crippen molar-refractivity contribution in [2.75, 3.05) is 19.7 Å².